The SMILES string of the molecule is CCOC(=O)CCCN(C[C@@H](Cc1c[nH]c2ccccc12)NC(=O)OC(C)(C)C)C(=O)CBr. The van der Waals surface area contributed by atoms with Crippen LogP contribution in [-0.2, 0) is 25.5 Å². The van der Waals surface area contributed by atoms with Gasteiger partial charge in [-0.3, -0.25) is 9.59 Å². The zero-order valence-electron chi connectivity index (χ0n) is 19.8. The molecule has 182 valence electrons. The zero-order valence-corrected chi connectivity index (χ0v) is 21.4. The van der Waals surface area contributed by atoms with Crippen molar-refractivity contribution in [1.82, 2.24) is 15.2 Å². The first-order chi connectivity index (χ1) is 15.6. The number of amides is 2. The van der Waals surface area contributed by atoms with E-state index in [0.29, 0.717) is 26.0 Å². The third-order valence-electron chi connectivity index (χ3n) is 4.88. The molecule has 0 radical (unpaired) electrons. The number of aromatic amines is 1. The molecule has 8 nitrogen and oxygen atoms in total. The highest BCUT2D eigenvalue weighted by Crippen LogP contribution is 2.20. The Morgan fingerprint density at radius 3 is 2.61 bits per heavy atom. The number of para-hydroxylation sites is 1. The van der Waals surface area contributed by atoms with E-state index in [1.165, 1.54) is 0 Å². The van der Waals surface area contributed by atoms with E-state index in [1.807, 2.05) is 30.5 Å². The van der Waals surface area contributed by atoms with E-state index >= 15 is 0 Å². The molecule has 1 heterocycles. The summed E-state index contributed by atoms with van der Waals surface area (Å²) >= 11 is 3.24. The van der Waals surface area contributed by atoms with Gasteiger partial charge in [0, 0.05) is 36.6 Å². The molecule has 0 bridgehead atoms. The number of rotatable bonds is 11. The van der Waals surface area contributed by atoms with Gasteiger partial charge in [-0.15, -0.1) is 0 Å². The number of halogens is 1. The van der Waals surface area contributed by atoms with Crippen molar-refractivity contribution in [2.45, 2.75) is 58.6 Å². The van der Waals surface area contributed by atoms with E-state index < -0.39 is 11.7 Å². The molecule has 2 rings (SSSR count). The van der Waals surface area contributed by atoms with E-state index in [-0.39, 0.29) is 36.2 Å². The van der Waals surface area contributed by atoms with Crippen molar-refractivity contribution >= 4 is 44.8 Å². The van der Waals surface area contributed by atoms with Crippen molar-refractivity contribution in [3.63, 3.8) is 0 Å². The van der Waals surface area contributed by atoms with Crippen molar-refractivity contribution in [3.05, 3.63) is 36.0 Å². The average molecular weight is 524 g/mol. The first-order valence-corrected chi connectivity index (χ1v) is 12.3. The van der Waals surface area contributed by atoms with Crippen molar-refractivity contribution in [2.24, 2.45) is 0 Å². The summed E-state index contributed by atoms with van der Waals surface area (Å²) in [5.74, 6) is -0.403. The lowest BCUT2D eigenvalue weighted by atomic mass is 10.0. The second-order valence-corrected chi connectivity index (χ2v) is 9.35. The average Bonchev–Trinajstić information content (AvgIpc) is 3.14. The van der Waals surface area contributed by atoms with Gasteiger partial charge in [-0.05, 0) is 52.2 Å². The first kappa shape index (κ1) is 26.7. The van der Waals surface area contributed by atoms with Gasteiger partial charge in [0.05, 0.1) is 18.0 Å². The minimum atomic E-state index is -0.638. The van der Waals surface area contributed by atoms with E-state index in [2.05, 4.69) is 26.2 Å². The molecule has 0 spiro atoms. The Morgan fingerprint density at radius 2 is 1.94 bits per heavy atom. The highest BCUT2D eigenvalue weighted by Gasteiger charge is 2.24. The molecule has 1 aromatic heterocycles. The number of esters is 1. The van der Waals surface area contributed by atoms with Crippen LogP contribution in [0.25, 0.3) is 10.9 Å². The number of benzene rings is 1. The number of nitrogens with zero attached hydrogens (tertiary/aromatic N) is 1. The second kappa shape index (κ2) is 12.6. The van der Waals surface area contributed by atoms with Crippen LogP contribution >= 0.6 is 15.9 Å². The van der Waals surface area contributed by atoms with Crippen LogP contribution in [0, 0.1) is 0 Å². The summed E-state index contributed by atoms with van der Waals surface area (Å²) in [6.07, 6.45) is 2.60. The van der Waals surface area contributed by atoms with Crippen LogP contribution in [0.3, 0.4) is 0 Å². The lowest BCUT2D eigenvalue weighted by Gasteiger charge is -2.29. The van der Waals surface area contributed by atoms with Gasteiger partial charge in [0.1, 0.15) is 5.60 Å². The Bertz CT molecular complexity index is 938. The van der Waals surface area contributed by atoms with Gasteiger partial charge in [0.2, 0.25) is 5.91 Å². The van der Waals surface area contributed by atoms with Crippen LogP contribution < -0.4 is 5.32 Å². The van der Waals surface area contributed by atoms with Crippen LogP contribution in [0.5, 0.6) is 0 Å². The van der Waals surface area contributed by atoms with Gasteiger partial charge in [0.25, 0.3) is 0 Å². The minimum Gasteiger partial charge on any atom is -0.466 e. The fourth-order valence-corrected chi connectivity index (χ4v) is 3.87. The number of alkyl carbamates (subject to hydrolysis) is 1. The van der Waals surface area contributed by atoms with Crippen LogP contribution in [0.15, 0.2) is 30.5 Å². The molecule has 0 unspecified atom stereocenters. The maximum absolute atomic E-state index is 12.6. The molecule has 1 atom stereocenters. The molecule has 2 N–H and O–H groups in total. The Kier molecular flexibility index (Phi) is 10.2. The molecule has 0 saturated carbocycles. The molecule has 1 aromatic carbocycles. The van der Waals surface area contributed by atoms with E-state index in [9.17, 15) is 14.4 Å². The number of fused-ring (bicyclic) bond motifs is 1. The molecule has 0 aliphatic rings. The summed E-state index contributed by atoms with van der Waals surface area (Å²) in [6, 6.07) is 7.55. The molecular formula is C24H34BrN3O5. The number of hydrogen-bond donors (Lipinski definition) is 2. The maximum atomic E-state index is 12.6. The summed E-state index contributed by atoms with van der Waals surface area (Å²) in [5, 5.41) is 4.15. The summed E-state index contributed by atoms with van der Waals surface area (Å²) in [5.41, 5.74) is 1.40. The largest absolute Gasteiger partial charge is 0.466 e. The summed E-state index contributed by atoms with van der Waals surface area (Å²) < 4.78 is 10.4. The number of alkyl halides is 1. The molecule has 0 saturated heterocycles. The molecule has 0 aliphatic heterocycles. The predicted octanol–water partition coefficient (Wildman–Crippen LogP) is 4.17. The predicted molar refractivity (Wildman–Crippen MR) is 131 cm³/mol. The normalized spacial score (nSPS) is 12.3. The zero-order chi connectivity index (χ0) is 24.4. The Balaban J connectivity index is 2.17. The van der Waals surface area contributed by atoms with Crippen molar-refractivity contribution in [3.8, 4) is 0 Å². The Labute approximate surface area is 203 Å². The fraction of sp³-hybridized carbons (Fsp3) is 0.542. The number of carbonyl (C=O) groups excluding carboxylic acids is 3. The third kappa shape index (κ3) is 9.07. The quantitative estimate of drug-likeness (QED) is 0.340. The third-order valence-corrected chi connectivity index (χ3v) is 5.36. The standard InChI is InChI=1S/C24H34BrN3O5/c1-5-32-22(30)11-8-12-28(21(29)14-25)16-18(27-23(31)33-24(2,3)4)13-17-15-26-20-10-7-6-9-19(17)20/h6-7,9-10,15,18,26H,5,8,11-14,16H2,1-4H3,(H,27,31)/t18-/m1/s1. The molecule has 9 heteroatoms. The van der Waals surface area contributed by atoms with Gasteiger partial charge in [-0.25, -0.2) is 4.79 Å². The first-order valence-electron chi connectivity index (χ1n) is 11.2. The number of aromatic nitrogens is 1. The highest BCUT2D eigenvalue weighted by molar-refractivity contribution is 9.09. The topological polar surface area (TPSA) is 101 Å². The highest BCUT2D eigenvalue weighted by atomic mass is 79.9. The van der Waals surface area contributed by atoms with Crippen molar-refractivity contribution in [1.29, 1.82) is 0 Å². The molecule has 2 amide bonds. The monoisotopic (exact) mass is 523 g/mol. The van der Waals surface area contributed by atoms with E-state index in [4.69, 9.17) is 9.47 Å². The van der Waals surface area contributed by atoms with Crippen molar-refractivity contribution in [2.75, 3.05) is 25.0 Å². The van der Waals surface area contributed by atoms with Gasteiger partial charge >= 0.3 is 12.1 Å². The second-order valence-electron chi connectivity index (χ2n) is 8.79. The number of ether oxygens (including phenoxy) is 2. The molecule has 0 aliphatic carbocycles. The number of nitrogens with one attached hydrogen (secondary N) is 2. The van der Waals surface area contributed by atoms with Crippen molar-refractivity contribution < 1.29 is 23.9 Å². The molecule has 2 aromatic rings. The molecule has 0 fully saturated rings. The van der Waals surface area contributed by atoms with E-state index in [0.717, 1.165) is 16.5 Å². The number of carbonyl (C=O) groups is 3. The Hall–Kier alpha value is -2.55. The molecule has 33 heavy (non-hydrogen) atoms. The van der Waals surface area contributed by atoms with Crippen LogP contribution in [-0.4, -0.2) is 64.5 Å². The lowest BCUT2D eigenvalue weighted by Crippen LogP contribution is -2.48. The minimum absolute atomic E-state index is 0.117. The van der Waals surface area contributed by atoms with Gasteiger partial charge in [-0.1, -0.05) is 34.1 Å². The van der Waals surface area contributed by atoms with Crippen LogP contribution in [0.4, 0.5) is 4.79 Å². The smallest absolute Gasteiger partial charge is 0.407 e. The van der Waals surface area contributed by atoms with Crippen LogP contribution in [0.2, 0.25) is 0 Å². The maximum Gasteiger partial charge on any atom is 0.407 e. The number of hydrogen-bond acceptors (Lipinski definition) is 5. The summed E-state index contributed by atoms with van der Waals surface area (Å²) in [4.78, 5) is 41.7. The lowest BCUT2D eigenvalue weighted by molar-refractivity contribution is -0.143. The summed E-state index contributed by atoms with van der Waals surface area (Å²) in [7, 11) is 0. The number of H-pyrrole nitrogens is 1. The molecular weight excluding hydrogens is 490 g/mol. The van der Waals surface area contributed by atoms with Gasteiger partial charge < -0.3 is 24.7 Å². The fourth-order valence-electron chi connectivity index (χ4n) is 3.52. The van der Waals surface area contributed by atoms with Gasteiger partial charge in [0.15, 0.2) is 0 Å². The summed E-state index contributed by atoms with van der Waals surface area (Å²) in [6.45, 7) is 8.16. The van der Waals surface area contributed by atoms with Gasteiger partial charge in [-0.2, -0.15) is 0 Å². The van der Waals surface area contributed by atoms with Crippen LogP contribution in [0.1, 0.15) is 46.1 Å². The van der Waals surface area contributed by atoms with E-state index in [1.54, 1.807) is 32.6 Å². The Morgan fingerprint density at radius 1 is 1.21 bits per heavy atom.